The Hall–Kier alpha value is -2.14. The van der Waals surface area contributed by atoms with E-state index in [0.29, 0.717) is 24.6 Å². The molecule has 2 aromatic carbocycles. The zero-order valence-corrected chi connectivity index (χ0v) is 19.1. The Morgan fingerprint density at radius 2 is 1.17 bits per heavy atom. The van der Waals surface area contributed by atoms with Crippen molar-refractivity contribution >= 4 is 78.4 Å². The van der Waals surface area contributed by atoms with Gasteiger partial charge in [-0.3, -0.25) is 9.59 Å². The number of fused-ring (bicyclic) bond motifs is 2. The molecule has 0 aliphatic rings. The maximum Gasteiger partial charge on any atom is 0.230 e. The molecule has 0 unspecified atom stereocenters. The molecular weight excluding hydrogens is 457 g/mol. The van der Waals surface area contributed by atoms with Gasteiger partial charge in [0.15, 0.2) is 8.68 Å². The fraction of sp³-hybridized carbons (Fsp3) is 0.200. The van der Waals surface area contributed by atoms with Crippen molar-refractivity contribution in [1.82, 2.24) is 20.6 Å². The monoisotopic (exact) mass is 474 g/mol. The van der Waals surface area contributed by atoms with Gasteiger partial charge in [0.25, 0.3) is 0 Å². The molecule has 0 fully saturated rings. The Balaban J connectivity index is 1.11. The number of amides is 2. The minimum atomic E-state index is -0.0719. The first-order valence-electron chi connectivity index (χ1n) is 9.17. The Labute approximate surface area is 189 Å². The molecule has 2 amide bonds. The van der Waals surface area contributed by atoms with Crippen LogP contribution >= 0.6 is 46.2 Å². The molecule has 30 heavy (non-hydrogen) atoms. The van der Waals surface area contributed by atoms with Gasteiger partial charge in [-0.15, -0.1) is 22.7 Å². The van der Waals surface area contributed by atoms with Crippen LogP contribution in [0.25, 0.3) is 20.4 Å². The molecule has 154 valence electrons. The molecule has 0 atom stereocenters. The summed E-state index contributed by atoms with van der Waals surface area (Å²) in [5, 5.41) is 5.64. The lowest BCUT2D eigenvalue weighted by atomic mass is 10.3. The second-order valence-electron chi connectivity index (χ2n) is 6.17. The number of para-hydroxylation sites is 2. The summed E-state index contributed by atoms with van der Waals surface area (Å²) in [5.74, 6) is 0.470. The Bertz CT molecular complexity index is 1020. The molecule has 2 aromatic heterocycles. The van der Waals surface area contributed by atoms with Crippen molar-refractivity contribution < 1.29 is 9.59 Å². The second kappa shape index (κ2) is 10.3. The minimum absolute atomic E-state index is 0.0719. The number of carbonyl (C=O) groups excluding carboxylic acids is 2. The Morgan fingerprint density at radius 1 is 0.733 bits per heavy atom. The summed E-state index contributed by atoms with van der Waals surface area (Å²) in [6, 6.07) is 15.8. The summed E-state index contributed by atoms with van der Waals surface area (Å²) in [5.41, 5.74) is 1.91. The molecule has 10 heteroatoms. The third kappa shape index (κ3) is 5.72. The maximum absolute atomic E-state index is 12.0. The van der Waals surface area contributed by atoms with E-state index < -0.39 is 0 Å². The standard InChI is InChI=1S/C20H18N4O2S4/c25-17(11-27-19-23-13-5-1-3-7-15(13)29-19)21-9-10-22-18(26)12-28-20-24-14-6-2-4-8-16(14)30-20/h1-8H,9-12H2,(H,21,25)(H,22,26). The molecule has 0 aliphatic heterocycles. The van der Waals surface area contributed by atoms with Crippen LogP contribution in [0.4, 0.5) is 0 Å². The summed E-state index contributed by atoms with van der Waals surface area (Å²) in [4.78, 5) is 33.0. The zero-order valence-electron chi connectivity index (χ0n) is 15.8. The van der Waals surface area contributed by atoms with Crippen molar-refractivity contribution in [2.75, 3.05) is 24.6 Å². The van der Waals surface area contributed by atoms with Crippen molar-refractivity contribution in [2.45, 2.75) is 8.68 Å². The van der Waals surface area contributed by atoms with E-state index in [0.717, 1.165) is 29.1 Å². The molecule has 4 rings (SSSR count). The predicted molar refractivity (Wildman–Crippen MR) is 127 cm³/mol. The van der Waals surface area contributed by atoms with Crippen LogP contribution in [0.2, 0.25) is 0 Å². The maximum atomic E-state index is 12.0. The highest BCUT2D eigenvalue weighted by molar-refractivity contribution is 8.02. The number of nitrogens with zero attached hydrogens (tertiary/aromatic N) is 2. The highest BCUT2D eigenvalue weighted by Gasteiger charge is 2.09. The third-order valence-electron chi connectivity index (χ3n) is 3.97. The first-order chi connectivity index (χ1) is 14.7. The molecular formula is C20H18N4O2S4. The van der Waals surface area contributed by atoms with Gasteiger partial charge >= 0.3 is 0 Å². The molecule has 0 aliphatic carbocycles. The molecule has 2 N–H and O–H groups in total. The molecule has 0 bridgehead atoms. The van der Waals surface area contributed by atoms with Gasteiger partial charge in [-0.2, -0.15) is 0 Å². The zero-order chi connectivity index (χ0) is 20.8. The van der Waals surface area contributed by atoms with Crippen LogP contribution in [0.5, 0.6) is 0 Å². The molecule has 0 saturated heterocycles. The minimum Gasteiger partial charge on any atom is -0.354 e. The van der Waals surface area contributed by atoms with Gasteiger partial charge in [-0.25, -0.2) is 9.97 Å². The SMILES string of the molecule is O=C(CSc1nc2ccccc2s1)NCCNC(=O)CSc1nc2ccccc2s1. The summed E-state index contributed by atoms with van der Waals surface area (Å²) in [6.45, 7) is 0.799. The topological polar surface area (TPSA) is 84.0 Å². The van der Waals surface area contributed by atoms with Gasteiger partial charge in [0.05, 0.1) is 31.9 Å². The number of hydrogen-bond donors (Lipinski definition) is 2. The molecule has 4 aromatic rings. The number of thioether (sulfide) groups is 2. The first-order valence-corrected chi connectivity index (χ1v) is 12.8. The van der Waals surface area contributed by atoms with E-state index in [1.165, 1.54) is 23.5 Å². The molecule has 0 saturated carbocycles. The van der Waals surface area contributed by atoms with Crippen LogP contribution in [-0.4, -0.2) is 46.4 Å². The number of rotatable bonds is 9. The Kier molecular flexibility index (Phi) is 7.21. The molecule has 0 spiro atoms. The van der Waals surface area contributed by atoms with Crippen molar-refractivity contribution in [3.63, 3.8) is 0 Å². The molecule has 2 heterocycles. The quantitative estimate of drug-likeness (QED) is 0.282. The Morgan fingerprint density at radius 3 is 1.60 bits per heavy atom. The molecule has 0 radical (unpaired) electrons. The third-order valence-corrected chi connectivity index (χ3v) is 8.33. The van der Waals surface area contributed by atoms with Gasteiger partial charge in [-0.1, -0.05) is 47.8 Å². The van der Waals surface area contributed by atoms with E-state index in [1.54, 1.807) is 22.7 Å². The smallest absolute Gasteiger partial charge is 0.230 e. The number of benzene rings is 2. The van der Waals surface area contributed by atoms with Gasteiger partial charge in [0.2, 0.25) is 11.8 Å². The van der Waals surface area contributed by atoms with E-state index in [-0.39, 0.29) is 11.8 Å². The lowest BCUT2D eigenvalue weighted by Gasteiger charge is -2.06. The van der Waals surface area contributed by atoms with Crippen molar-refractivity contribution in [3.8, 4) is 0 Å². The molecule has 6 nitrogen and oxygen atoms in total. The fourth-order valence-corrected chi connectivity index (χ4v) is 6.38. The van der Waals surface area contributed by atoms with E-state index in [4.69, 9.17) is 0 Å². The summed E-state index contributed by atoms with van der Waals surface area (Å²) in [6.07, 6.45) is 0. The van der Waals surface area contributed by atoms with E-state index in [1.807, 2.05) is 48.5 Å². The van der Waals surface area contributed by atoms with Gasteiger partial charge in [-0.05, 0) is 24.3 Å². The van der Waals surface area contributed by atoms with Crippen molar-refractivity contribution in [3.05, 3.63) is 48.5 Å². The van der Waals surface area contributed by atoms with Crippen LogP contribution in [0, 0.1) is 0 Å². The van der Waals surface area contributed by atoms with Gasteiger partial charge < -0.3 is 10.6 Å². The van der Waals surface area contributed by atoms with Crippen molar-refractivity contribution in [1.29, 1.82) is 0 Å². The highest BCUT2D eigenvalue weighted by atomic mass is 32.2. The lowest BCUT2D eigenvalue weighted by molar-refractivity contribution is -0.120. The summed E-state index contributed by atoms with van der Waals surface area (Å²) in [7, 11) is 0. The fourth-order valence-electron chi connectivity index (χ4n) is 2.59. The van der Waals surface area contributed by atoms with E-state index >= 15 is 0 Å². The van der Waals surface area contributed by atoms with Crippen LogP contribution in [-0.2, 0) is 9.59 Å². The van der Waals surface area contributed by atoms with E-state index in [9.17, 15) is 9.59 Å². The van der Waals surface area contributed by atoms with Crippen molar-refractivity contribution in [2.24, 2.45) is 0 Å². The number of carbonyl (C=O) groups is 2. The lowest BCUT2D eigenvalue weighted by Crippen LogP contribution is -2.36. The van der Waals surface area contributed by atoms with Crippen LogP contribution < -0.4 is 10.6 Å². The highest BCUT2D eigenvalue weighted by Crippen LogP contribution is 2.29. The average Bonchev–Trinajstić information content (AvgIpc) is 3.37. The van der Waals surface area contributed by atoms with E-state index in [2.05, 4.69) is 20.6 Å². The van der Waals surface area contributed by atoms with Crippen LogP contribution in [0.15, 0.2) is 57.2 Å². The summed E-state index contributed by atoms with van der Waals surface area (Å²) >= 11 is 6.02. The van der Waals surface area contributed by atoms with Gasteiger partial charge in [0, 0.05) is 13.1 Å². The number of nitrogens with one attached hydrogen (secondary N) is 2. The number of hydrogen-bond acceptors (Lipinski definition) is 8. The van der Waals surface area contributed by atoms with Crippen LogP contribution in [0.3, 0.4) is 0 Å². The first kappa shape index (κ1) is 21.1. The number of thiazole rings is 2. The second-order valence-corrected chi connectivity index (χ2v) is 10.7. The predicted octanol–water partition coefficient (Wildman–Crippen LogP) is 4.02. The van der Waals surface area contributed by atoms with Crippen LogP contribution in [0.1, 0.15) is 0 Å². The normalized spacial score (nSPS) is 11.1. The summed E-state index contributed by atoms with van der Waals surface area (Å²) < 4.78 is 4.00. The van der Waals surface area contributed by atoms with Gasteiger partial charge in [0.1, 0.15) is 0 Å². The number of aromatic nitrogens is 2. The average molecular weight is 475 g/mol. The largest absolute Gasteiger partial charge is 0.354 e.